The van der Waals surface area contributed by atoms with E-state index in [0.29, 0.717) is 24.7 Å². The molecule has 1 aromatic carbocycles. The van der Waals surface area contributed by atoms with E-state index >= 15 is 0 Å². The normalized spacial score (nSPS) is 19.8. The van der Waals surface area contributed by atoms with E-state index in [1.165, 1.54) is 7.11 Å². The Balaban J connectivity index is 2.31. The minimum atomic E-state index is -0.707. The lowest BCUT2D eigenvalue weighted by atomic mass is 9.88. The predicted octanol–water partition coefficient (Wildman–Crippen LogP) is 2.51. The SMILES string of the molecule is CCCOc1ccccc1C1NC(=O)N=C(C)C1C(=O)OCCOC. The zero-order valence-electron chi connectivity index (χ0n) is 14.8. The fraction of sp³-hybridized carbons (Fsp3) is 0.500. The Hall–Kier alpha value is -2.41. The van der Waals surface area contributed by atoms with Gasteiger partial charge in [-0.05, 0) is 19.4 Å². The molecular weight excluding hydrogens is 324 g/mol. The lowest BCUT2D eigenvalue weighted by Crippen LogP contribution is -2.44. The van der Waals surface area contributed by atoms with Gasteiger partial charge in [-0.15, -0.1) is 0 Å². The first-order chi connectivity index (χ1) is 12.1. The molecule has 1 heterocycles. The topological polar surface area (TPSA) is 86.2 Å². The summed E-state index contributed by atoms with van der Waals surface area (Å²) in [6.45, 7) is 4.67. The Morgan fingerprint density at radius 2 is 2.00 bits per heavy atom. The molecular formula is C18H24N2O5. The van der Waals surface area contributed by atoms with Gasteiger partial charge in [0.15, 0.2) is 0 Å². The molecule has 0 bridgehead atoms. The van der Waals surface area contributed by atoms with Crippen LogP contribution in [-0.4, -0.2) is 44.6 Å². The van der Waals surface area contributed by atoms with Crippen LogP contribution in [0.3, 0.4) is 0 Å². The summed E-state index contributed by atoms with van der Waals surface area (Å²) in [5, 5.41) is 2.76. The molecule has 0 aliphatic carbocycles. The van der Waals surface area contributed by atoms with Crippen LogP contribution in [0.2, 0.25) is 0 Å². The van der Waals surface area contributed by atoms with Crippen molar-refractivity contribution in [1.82, 2.24) is 5.32 Å². The van der Waals surface area contributed by atoms with Crippen molar-refractivity contribution >= 4 is 17.7 Å². The van der Waals surface area contributed by atoms with Crippen LogP contribution in [0, 0.1) is 5.92 Å². The van der Waals surface area contributed by atoms with Gasteiger partial charge < -0.3 is 19.5 Å². The summed E-state index contributed by atoms with van der Waals surface area (Å²) in [5.41, 5.74) is 1.15. The van der Waals surface area contributed by atoms with Gasteiger partial charge in [0.05, 0.1) is 19.3 Å². The molecule has 1 aliphatic heterocycles. The number of carbonyl (C=O) groups excluding carboxylic acids is 2. The standard InChI is InChI=1S/C18H24N2O5/c1-4-9-24-14-8-6-5-7-13(14)16-15(12(2)19-18(22)20-16)17(21)25-11-10-23-3/h5-8,15-16H,4,9-11H2,1-3H3,(H,20,22). The first kappa shape index (κ1) is 18.9. The fourth-order valence-electron chi connectivity index (χ4n) is 2.68. The molecule has 7 nitrogen and oxygen atoms in total. The zero-order valence-corrected chi connectivity index (χ0v) is 14.8. The highest BCUT2D eigenvalue weighted by Gasteiger charge is 2.39. The molecule has 2 atom stereocenters. The second-order valence-electron chi connectivity index (χ2n) is 5.70. The van der Waals surface area contributed by atoms with E-state index < -0.39 is 24.0 Å². The van der Waals surface area contributed by atoms with Crippen molar-refractivity contribution in [2.24, 2.45) is 10.9 Å². The van der Waals surface area contributed by atoms with Crippen LogP contribution in [0.4, 0.5) is 4.79 Å². The van der Waals surface area contributed by atoms with E-state index in [2.05, 4.69) is 10.3 Å². The number of hydrogen-bond donors (Lipinski definition) is 1. The lowest BCUT2D eigenvalue weighted by molar-refractivity contribution is -0.148. The van der Waals surface area contributed by atoms with Gasteiger partial charge in [-0.25, -0.2) is 9.79 Å². The second kappa shape index (κ2) is 9.17. The summed E-state index contributed by atoms with van der Waals surface area (Å²) in [4.78, 5) is 28.3. The number of hydrogen-bond acceptors (Lipinski definition) is 5. The van der Waals surface area contributed by atoms with Gasteiger partial charge in [0.1, 0.15) is 18.3 Å². The monoisotopic (exact) mass is 348 g/mol. The van der Waals surface area contributed by atoms with Crippen molar-refractivity contribution in [2.75, 3.05) is 26.9 Å². The lowest BCUT2D eigenvalue weighted by Gasteiger charge is -2.30. The molecule has 1 aliphatic rings. The molecule has 0 aromatic heterocycles. The first-order valence-corrected chi connectivity index (χ1v) is 8.31. The van der Waals surface area contributed by atoms with E-state index in [9.17, 15) is 9.59 Å². The molecule has 25 heavy (non-hydrogen) atoms. The van der Waals surface area contributed by atoms with Crippen LogP contribution in [0.15, 0.2) is 29.3 Å². The first-order valence-electron chi connectivity index (χ1n) is 8.31. The average molecular weight is 348 g/mol. The van der Waals surface area contributed by atoms with Gasteiger partial charge >= 0.3 is 12.0 Å². The van der Waals surface area contributed by atoms with Gasteiger partial charge in [0.25, 0.3) is 0 Å². The van der Waals surface area contributed by atoms with Gasteiger partial charge in [-0.2, -0.15) is 0 Å². The van der Waals surface area contributed by atoms with Crippen molar-refractivity contribution in [3.63, 3.8) is 0 Å². The molecule has 1 aromatic rings. The number of aliphatic imine (C=N–C) groups is 1. The number of nitrogens with zero attached hydrogens (tertiary/aromatic N) is 1. The van der Waals surface area contributed by atoms with Crippen molar-refractivity contribution in [3.8, 4) is 5.75 Å². The van der Waals surface area contributed by atoms with E-state index in [-0.39, 0.29) is 6.61 Å². The summed E-state index contributed by atoms with van der Waals surface area (Å²) in [6, 6.07) is 6.29. The molecule has 2 amide bonds. The van der Waals surface area contributed by atoms with Crippen LogP contribution in [0.25, 0.3) is 0 Å². The van der Waals surface area contributed by atoms with Crippen molar-refractivity contribution < 1.29 is 23.8 Å². The highest BCUT2D eigenvalue weighted by Crippen LogP contribution is 2.33. The third kappa shape index (κ3) is 4.79. The second-order valence-corrected chi connectivity index (χ2v) is 5.70. The maximum Gasteiger partial charge on any atom is 0.341 e. The van der Waals surface area contributed by atoms with Gasteiger partial charge in [0, 0.05) is 18.4 Å². The molecule has 0 fully saturated rings. The Labute approximate surface area is 147 Å². The Morgan fingerprint density at radius 1 is 1.24 bits per heavy atom. The summed E-state index contributed by atoms with van der Waals surface area (Å²) in [7, 11) is 1.53. The number of rotatable bonds is 8. The van der Waals surface area contributed by atoms with E-state index in [4.69, 9.17) is 14.2 Å². The smallest absolute Gasteiger partial charge is 0.341 e. The minimum absolute atomic E-state index is 0.147. The molecule has 1 N–H and O–H groups in total. The van der Waals surface area contributed by atoms with Crippen molar-refractivity contribution in [3.05, 3.63) is 29.8 Å². The maximum atomic E-state index is 12.5. The van der Waals surface area contributed by atoms with Crippen molar-refractivity contribution in [2.45, 2.75) is 26.3 Å². The van der Waals surface area contributed by atoms with E-state index in [1.54, 1.807) is 6.92 Å². The third-order valence-electron chi connectivity index (χ3n) is 3.84. The zero-order chi connectivity index (χ0) is 18.2. The molecule has 0 saturated heterocycles. The van der Waals surface area contributed by atoms with Crippen LogP contribution in [-0.2, 0) is 14.3 Å². The van der Waals surface area contributed by atoms with Crippen LogP contribution >= 0.6 is 0 Å². The number of ether oxygens (including phenoxy) is 3. The van der Waals surface area contributed by atoms with Crippen LogP contribution in [0.1, 0.15) is 31.9 Å². The van der Waals surface area contributed by atoms with E-state index in [1.807, 2.05) is 31.2 Å². The highest BCUT2D eigenvalue weighted by molar-refractivity contribution is 6.08. The summed E-state index contributed by atoms with van der Waals surface area (Å²) in [5.74, 6) is -0.520. The number of para-hydroxylation sites is 1. The maximum absolute atomic E-state index is 12.5. The Kier molecular flexibility index (Phi) is 6.94. The Morgan fingerprint density at radius 3 is 2.72 bits per heavy atom. The number of benzene rings is 1. The molecule has 7 heteroatoms. The van der Waals surface area contributed by atoms with Gasteiger partial charge in [-0.1, -0.05) is 25.1 Å². The summed E-state index contributed by atoms with van der Waals surface area (Å²) < 4.78 is 15.9. The molecule has 2 unspecified atom stereocenters. The van der Waals surface area contributed by atoms with Crippen LogP contribution in [0.5, 0.6) is 5.75 Å². The molecule has 0 saturated carbocycles. The quantitative estimate of drug-likeness (QED) is 0.576. The molecule has 0 spiro atoms. The number of nitrogens with one attached hydrogen (secondary N) is 1. The van der Waals surface area contributed by atoms with Crippen LogP contribution < -0.4 is 10.1 Å². The fourth-order valence-corrected chi connectivity index (χ4v) is 2.68. The van der Waals surface area contributed by atoms with E-state index in [0.717, 1.165) is 12.0 Å². The molecule has 0 radical (unpaired) electrons. The minimum Gasteiger partial charge on any atom is -0.493 e. The largest absolute Gasteiger partial charge is 0.493 e. The molecule has 136 valence electrons. The predicted molar refractivity (Wildman–Crippen MR) is 92.9 cm³/mol. The van der Waals surface area contributed by atoms with Crippen molar-refractivity contribution in [1.29, 1.82) is 0 Å². The third-order valence-corrected chi connectivity index (χ3v) is 3.84. The van der Waals surface area contributed by atoms with Gasteiger partial charge in [-0.3, -0.25) is 4.79 Å². The number of amides is 2. The van der Waals surface area contributed by atoms with Gasteiger partial charge in [0.2, 0.25) is 0 Å². The number of methoxy groups -OCH3 is 1. The number of urea groups is 1. The molecule has 2 rings (SSSR count). The summed E-state index contributed by atoms with van der Waals surface area (Å²) in [6.07, 6.45) is 0.855. The number of esters is 1. The Bertz CT molecular complexity index is 644. The highest BCUT2D eigenvalue weighted by atomic mass is 16.6. The summed E-state index contributed by atoms with van der Waals surface area (Å²) >= 11 is 0. The number of carbonyl (C=O) groups is 2. The average Bonchev–Trinajstić information content (AvgIpc) is 2.59.